The van der Waals surface area contributed by atoms with Gasteiger partial charge in [-0.1, -0.05) is 19.9 Å². The maximum Gasteiger partial charge on any atom is 0.231 e. The Kier molecular flexibility index (Phi) is 4.52. The van der Waals surface area contributed by atoms with E-state index < -0.39 is 5.41 Å². The van der Waals surface area contributed by atoms with Gasteiger partial charge in [0.05, 0.1) is 5.41 Å². The van der Waals surface area contributed by atoms with E-state index in [0.29, 0.717) is 25.1 Å². The second-order valence-electron chi connectivity index (χ2n) is 4.20. The first-order valence-corrected chi connectivity index (χ1v) is 5.88. The Morgan fingerprint density at radius 3 is 2.53 bits per heavy atom. The van der Waals surface area contributed by atoms with Crippen molar-refractivity contribution in [3.8, 4) is 5.75 Å². The molecule has 0 radical (unpaired) electrons. The predicted octanol–water partition coefficient (Wildman–Crippen LogP) is 2.10. The molecular weight excluding hydrogens is 216 g/mol. The van der Waals surface area contributed by atoms with Crippen molar-refractivity contribution in [2.45, 2.75) is 26.7 Å². The van der Waals surface area contributed by atoms with E-state index in [0.717, 1.165) is 0 Å². The molecule has 0 saturated heterocycles. The summed E-state index contributed by atoms with van der Waals surface area (Å²) in [5.41, 5.74) is 5.77. The van der Waals surface area contributed by atoms with Gasteiger partial charge in [-0.05, 0) is 25.0 Å². The molecule has 4 heteroatoms. The zero-order valence-corrected chi connectivity index (χ0v) is 10.4. The van der Waals surface area contributed by atoms with Gasteiger partial charge in [0, 0.05) is 18.3 Å². The lowest BCUT2D eigenvalue weighted by Gasteiger charge is -2.28. The second kappa shape index (κ2) is 5.68. The monoisotopic (exact) mass is 236 g/mol. The maximum atomic E-state index is 12.2. The van der Waals surface area contributed by atoms with Gasteiger partial charge in [-0.2, -0.15) is 0 Å². The number of rotatable bonds is 5. The number of hydrogen-bond acceptors (Lipinski definition) is 3. The number of phenolic OH excluding ortho intramolecular Hbond substituents is 1. The van der Waals surface area contributed by atoms with E-state index in [2.05, 4.69) is 5.32 Å². The summed E-state index contributed by atoms with van der Waals surface area (Å²) in [6.45, 7) is 4.24. The van der Waals surface area contributed by atoms with Crippen molar-refractivity contribution in [2.24, 2.45) is 11.1 Å². The van der Waals surface area contributed by atoms with Crippen LogP contribution in [0, 0.1) is 5.41 Å². The van der Waals surface area contributed by atoms with Gasteiger partial charge >= 0.3 is 0 Å². The number of nitrogens with one attached hydrogen (secondary N) is 1. The molecule has 0 heterocycles. The Morgan fingerprint density at radius 2 is 2.06 bits per heavy atom. The normalized spacial score (nSPS) is 11.2. The Hall–Kier alpha value is -1.55. The van der Waals surface area contributed by atoms with Crippen LogP contribution in [0.4, 0.5) is 5.69 Å². The highest BCUT2D eigenvalue weighted by Gasteiger charge is 2.33. The third kappa shape index (κ3) is 2.97. The number of phenols is 1. The van der Waals surface area contributed by atoms with Gasteiger partial charge in [0.25, 0.3) is 0 Å². The Bertz CT molecular complexity index is 378. The molecule has 0 saturated carbocycles. The molecule has 0 atom stereocenters. The van der Waals surface area contributed by atoms with E-state index in [1.54, 1.807) is 18.2 Å². The third-order valence-corrected chi connectivity index (χ3v) is 3.33. The highest BCUT2D eigenvalue weighted by atomic mass is 16.3. The SMILES string of the molecule is CCC(CC)(CN)C(=O)Nc1cccc(O)c1. The third-order valence-electron chi connectivity index (χ3n) is 3.33. The zero-order valence-electron chi connectivity index (χ0n) is 10.4. The number of hydrogen-bond donors (Lipinski definition) is 3. The largest absolute Gasteiger partial charge is 0.508 e. The molecule has 0 aromatic heterocycles. The molecule has 4 N–H and O–H groups in total. The summed E-state index contributed by atoms with van der Waals surface area (Å²) in [4.78, 5) is 12.2. The summed E-state index contributed by atoms with van der Waals surface area (Å²) < 4.78 is 0. The van der Waals surface area contributed by atoms with Crippen LogP contribution in [0.1, 0.15) is 26.7 Å². The molecule has 0 unspecified atom stereocenters. The molecule has 1 aromatic carbocycles. The first-order chi connectivity index (χ1) is 8.07. The smallest absolute Gasteiger partial charge is 0.231 e. The number of nitrogens with two attached hydrogens (primary N) is 1. The minimum atomic E-state index is -0.522. The average molecular weight is 236 g/mol. The predicted molar refractivity (Wildman–Crippen MR) is 68.8 cm³/mol. The van der Waals surface area contributed by atoms with Crippen molar-refractivity contribution in [1.82, 2.24) is 0 Å². The first kappa shape index (κ1) is 13.5. The van der Waals surface area contributed by atoms with Gasteiger partial charge < -0.3 is 16.2 Å². The van der Waals surface area contributed by atoms with Gasteiger partial charge in [0.2, 0.25) is 5.91 Å². The summed E-state index contributed by atoms with van der Waals surface area (Å²) in [5, 5.41) is 12.1. The van der Waals surface area contributed by atoms with Gasteiger partial charge in [0.1, 0.15) is 5.75 Å². The molecule has 0 spiro atoms. The van der Waals surface area contributed by atoms with Crippen LogP contribution in [0.3, 0.4) is 0 Å². The molecule has 94 valence electrons. The molecule has 1 aromatic rings. The standard InChI is InChI=1S/C13H20N2O2/c1-3-13(4-2,9-14)12(17)15-10-6-5-7-11(16)8-10/h5-8,16H,3-4,9,14H2,1-2H3,(H,15,17). The lowest BCUT2D eigenvalue weighted by Crippen LogP contribution is -2.41. The van der Waals surface area contributed by atoms with Gasteiger partial charge in [0.15, 0.2) is 0 Å². The van der Waals surface area contributed by atoms with E-state index in [-0.39, 0.29) is 11.7 Å². The number of carbonyl (C=O) groups excluding carboxylic acids is 1. The lowest BCUT2D eigenvalue weighted by molar-refractivity contribution is -0.125. The topological polar surface area (TPSA) is 75.4 Å². The zero-order chi connectivity index (χ0) is 12.9. The van der Waals surface area contributed by atoms with Gasteiger partial charge in [-0.3, -0.25) is 4.79 Å². The van der Waals surface area contributed by atoms with E-state index in [4.69, 9.17) is 5.73 Å². The minimum Gasteiger partial charge on any atom is -0.508 e. The van der Waals surface area contributed by atoms with E-state index in [1.807, 2.05) is 13.8 Å². The first-order valence-electron chi connectivity index (χ1n) is 5.88. The van der Waals surface area contributed by atoms with Crippen molar-refractivity contribution in [2.75, 3.05) is 11.9 Å². The summed E-state index contributed by atoms with van der Waals surface area (Å²) in [5.74, 6) is 0.0461. The molecule has 1 amide bonds. The summed E-state index contributed by atoms with van der Waals surface area (Å²) >= 11 is 0. The van der Waals surface area contributed by atoms with Crippen LogP contribution >= 0.6 is 0 Å². The minimum absolute atomic E-state index is 0.0874. The molecule has 0 aliphatic carbocycles. The van der Waals surface area contributed by atoms with E-state index in [9.17, 15) is 9.90 Å². The van der Waals surface area contributed by atoms with E-state index >= 15 is 0 Å². The van der Waals surface area contributed by atoms with Crippen molar-refractivity contribution < 1.29 is 9.90 Å². The molecule has 0 aliphatic rings. The quantitative estimate of drug-likeness (QED) is 0.732. The summed E-state index contributed by atoms with van der Waals surface area (Å²) in [6, 6.07) is 6.51. The Morgan fingerprint density at radius 1 is 1.41 bits per heavy atom. The second-order valence-corrected chi connectivity index (χ2v) is 4.20. The van der Waals surface area contributed by atoms with Crippen molar-refractivity contribution >= 4 is 11.6 Å². The van der Waals surface area contributed by atoms with Crippen LogP contribution in [-0.4, -0.2) is 17.6 Å². The fraction of sp³-hybridized carbons (Fsp3) is 0.462. The Balaban J connectivity index is 2.84. The number of anilines is 1. The van der Waals surface area contributed by atoms with Crippen molar-refractivity contribution in [1.29, 1.82) is 0 Å². The van der Waals surface area contributed by atoms with Gasteiger partial charge in [-0.15, -0.1) is 0 Å². The van der Waals surface area contributed by atoms with Gasteiger partial charge in [-0.25, -0.2) is 0 Å². The summed E-state index contributed by atoms with van der Waals surface area (Å²) in [6.07, 6.45) is 1.40. The molecular formula is C13H20N2O2. The fourth-order valence-electron chi connectivity index (χ4n) is 1.80. The molecule has 4 nitrogen and oxygen atoms in total. The molecule has 0 fully saturated rings. The highest BCUT2D eigenvalue weighted by Crippen LogP contribution is 2.27. The molecule has 0 aliphatic heterocycles. The Labute approximate surface area is 102 Å². The average Bonchev–Trinajstić information content (AvgIpc) is 2.32. The number of amides is 1. The molecule has 17 heavy (non-hydrogen) atoms. The number of aromatic hydroxyl groups is 1. The molecule has 1 rings (SSSR count). The molecule has 0 bridgehead atoms. The lowest BCUT2D eigenvalue weighted by atomic mass is 9.81. The van der Waals surface area contributed by atoms with Crippen molar-refractivity contribution in [3.63, 3.8) is 0 Å². The highest BCUT2D eigenvalue weighted by molar-refractivity contribution is 5.95. The van der Waals surface area contributed by atoms with Crippen molar-refractivity contribution in [3.05, 3.63) is 24.3 Å². The van der Waals surface area contributed by atoms with Crippen LogP contribution < -0.4 is 11.1 Å². The number of carbonyl (C=O) groups is 1. The van der Waals surface area contributed by atoms with Crippen LogP contribution in [0.15, 0.2) is 24.3 Å². The van der Waals surface area contributed by atoms with Crippen LogP contribution in [0.25, 0.3) is 0 Å². The van der Waals surface area contributed by atoms with Crippen LogP contribution in [-0.2, 0) is 4.79 Å². The van der Waals surface area contributed by atoms with Crippen LogP contribution in [0.2, 0.25) is 0 Å². The van der Waals surface area contributed by atoms with Crippen LogP contribution in [0.5, 0.6) is 5.75 Å². The maximum absolute atomic E-state index is 12.2. The number of benzene rings is 1. The fourth-order valence-corrected chi connectivity index (χ4v) is 1.80. The summed E-state index contributed by atoms with van der Waals surface area (Å²) in [7, 11) is 0. The van der Waals surface area contributed by atoms with E-state index in [1.165, 1.54) is 6.07 Å².